The Kier molecular flexibility index (Phi) is 6.26. The predicted octanol–water partition coefficient (Wildman–Crippen LogP) is 3.95. The fourth-order valence-corrected chi connectivity index (χ4v) is 2.83. The van der Waals surface area contributed by atoms with Crippen LogP contribution < -0.4 is 0 Å². The van der Waals surface area contributed by atoms with Crippen LogP contribution in [0.15, 0.2) is 0 Å². The summed E-state index contributed by atoms with van der Waals surface area (Å²) in [5, 5.41) is -5.47. The summed E-state index contributed by atoms with van der Waals surface area (Å²) < 4.78 is 83.6. The lowest BCUT2D eigenvalue weighted by molar-refractivity contribution is -0.205. The van der Waals surface area contributed by atoms with Crippen LogP contribution in [-0.2, 0) is 10.1 Å². The molecule has 0 aromatic rings. The fraction of sp³-hybridized carbons (Fsp3) is 1.00. The van der Waals surface area contributed by atoms with Gasteiger partial charge in [0.05, 0.1) is 0 Å². The third kappa shape index (κ3) is 3.59. The Morgan fingerprint density at radius 3 is 1.79 bits per heavy atom. The largest absolute Gasteiger partial charge is 0.431 e. The third-order valence-electron chi connectivity index (χ3n) is 3.37. The molecule has 116 valence electrons. The van der Waals surface area contributed by atoms with Crippen molar-refractivity contribution < 1.29 is 30.5 Å². The normalized spacial score (nSPS) is 17.3. The Bertz CT molecular complexity index is 381. The molecular weight excluding hydrogens is 288 g/mol. The van der Waals surface area contributed by atoms with Crippen molar-refractivity contribution in [1.29, 1.82) is 0 Å². The first-order chi connectivity index (χ1) is 8.47. The molecular formula is C11H20F4O3S. The van der Waals surface area contributed by atoms with Crippen LogP contribution in [0.25, 0.3) is 0 Å². The van der Waals surface area contributed by atoms with Crippen molar-refractivity contribution in [3.05, 3.63) is 0 Å². The number of alkyl halides is 4. The maximum atomic E-state index is 13.8. The second kappa shape index (κ2) is 6.39. The van der Waals surface area contributed by atoms with Gasteiger partial charge in [0.1, 0.15) is 0 Å². The van der Waals surface area contributed by atoms with Gasteiger partial charge in [-0.15, -0.1) is 0 Å². The molecule has 0 saturated carbocycles. The monoisotopic (exact) mass is 308 g/mol. The highest BCUT2D eigenvalue weighted by atomic mass is 32.2. The van der Waals surface area contributed by atoms with E-state index >= 15 is 0 Å². The van der Waals surface area contributed by atoms with Gasteiger partial charge in [0.15, 0.2) is 0 Å². The number of hydrogen-bond donors (Lipinski definition) is 1. The molecule has 0 bridgehead atoms. The van der Waals surface area contributed by atoms with Gasteiger partial charge in [0, 0.05) is 5.92 Å². The molecule has 8 heteroatoms. The highest BCUT2D eigenvalue weighted by Gasteiger charge is 2.69. The summed E-state index contributed by atoms with van der Waals surface area (Å²) in [7, 11) is -6.16. The molecule has 0 rings (SSSR count). The molecule has 3 nitrogen and oxygen atoms in total. The quantitative estimate of drug-likeness (QED) is 0.545. The smallest absolute Gasteiger partial charge is 0.281 e. The lowest BCUT2D eigenvalue weighted by Gasteiger charge is -2.35. The molecule has 1 N–H and O–H groups in total. The van der Waals surface area contributed by atoms with Crippen LogP contribution in [0.2, 0.25) is 0 Å². The zero-order chi connectivity index (χ0) is 15.5. The Morgan fingerprint density at radius 2 is 1.53 bits per heavy atom. The number of rotatable bonds is 8. The molecule has 0 heterocycles. The maximum absolute atomic E-state index is 13.8. The summed E-state index contributed by atoms with van der Waals surface area (Å²) >= 11 is 0. The maximum Gasteiger partial charge on any atom is 0.431 e. The van der Waals surface area contributed by atoms with E-state index in [2.05, 4.69) is 0 Å². The third-order valence-corrected chi connectivity index (χ3v) is 4.29. The molecule has 0 spiro atoms. The van der Waals surface area contributed by atoms with Crippen molar-refractivity contribution in [3.8, 4) is 0 Å². The van der Waals surface area contributed by atoms with E-state index in [9.17, 15) is 26.0 Å². The molecule has 19 heavy (non-hydrogen) atoms. The summed E-state index contributed by atoms with van der Waals surface area (Å²) in [5.74, 6) is -7.32. The summed E-state index contributed by atoms with van der Waals surface area (Å²) in [6, 6.07) is 0. The van der Waals surface area contributed by atoms with Crippen molar-refractivity contribution in [3.63, 3.8) is 0 Å². The predicted molar refractivity (Wildman–Crippen MR) is 63.9 cm³/mol. The SMILES string of the molecule is CCCC(CC)C(CC)C(F)(F)C(F)(F)S(=O)(=O)O. The molecule has 0 amide bonds. The zero-order valence-electron chi connectivity index (χ0n) is 11.2. The second-order valence-electron chi connectivity index (χ2n) is 4.59. The molecule has 0 radical (unpaired) electrons. The zero-order valence-corrected chi connectivity index (χ0v) is 12.0. The molecule has 2 atom stereocenters. The van der Waals surface area contributed by atoms with Crippen molar-refractivity contribution >= 4 is 10.1 Å². The van der Waals surface area contributed by atoms with E-state index in [1.807, 2.05) is 0 Å². The van der Waals surface area contributed by atoms with Crippen LogP contribution in [0.1, 0.15) is 46.5 Å². The lowest BCUT2D eigenvalue weighted by Crippen LogP contribution is -2.53. The highest BCUT2D eigenvalue weighted by Crippen LogP contribution is 2.48. The summed E-state index contributed by atoms with van der Waals surface area (Å²) in [4.78, 5) is 0. The molecule has 0 aromatic heterocycles. The van der Waals surface area contributed by atoms with Gasteiger partial charge in [-0.05, 0) is 12.3 Å². The Balaban J connectivity index is 5.57. The van der Waals surface area contributed by atoms with Gasteiger partial charge in [0.25, 0.3) is 0 Å². The Morgan fingerprint density at radius 1 is 1.05 bits per heavy atom. The van der Waals surface area contributed by atoms with Crippen molar-refractivity contribution in [1.82, 2.24) is 0 Å². The van der Waals surface area contributed by atoms with Crippen LogP contribution in [0.5, 0.6) is 0 Å². The van der Waals surface area contributed by atoms with Gasteiger partial charge < -0.3 is 0 Å². The molecule has 0 aliphatic heterocycles. The molecule has 0 aliphatic rings. The first-order valence-electron chi connectivity index (χ1n) is 6.19. The van der Waals surface area contributed by atoms with E-state index in [-0.39, 0.29) is 12.8 Å². The summed E-state index contributed by atoms with van der Waals surface area (Å²) in [6.07, 6.45) is 0.773. The highest BCUT2D eigenvalue weighted by molar-refractivity contribution is 7.87. The van der Waals surface area contributed by atoms with Crippen LogP contribution in [0.4, 0.5) is 17.6 Å². The second-order valence-corrected chi connectivity index (χ2v) is 6.05. The van der Waals surface area contributed by atoms with Crippen molar-refractivity contribution in [2.75, 3.05) is 0 Å². The van der Waals surface area contributed by atoms with E-state index in [0.717, 1.165) is 0 Å². The molecule has 0 saturated heterocycles. The molecule has 0 fully saturated rings. The average molecular weight is 308 g/mol. The minimum absolute atomic E-state index is 0.240. The average Bonchev–Trinajstić information content (AvgIpc) is 2.26. The van der Waals surface area contributed by atoms with Crippen molar-refractivity contribution in [2.24, 2.45) is 11.8 Å². The summed E-state index contributed by atoms with van der Waals surface area (Å²) in [6.45, 7) is 4.62. The minimum atomic E-state index is -6.16. The van der Waals surface area contributed by atoms with Gasteiger partial charge >= 0.3 is 21.3 Å². The fourth-order valence-electron chi connectivity index (χ4n) is 2.33. The van der Waals surface area contributed by atoms with Crippen molar-refractivity contribution in [2.45, 2.75) is 57.6 Å². The van der Waals surface area contributed by atoms with E-state index < -0.39 is 33.1 Å². The lowest BCUT2D eigenvalue weighted by atomic mass is 9.80. The summed E-state index contributed by atoms with van der Waals surface area (Å²) in [5.41, 5.74) is 0. The van der Waals surface area contributed by atoms with E-state index in [1.165, 1.54) is 6.92 Å². The Labute approximate surface area is 111 Å². The molecule has 2 unspecified atom stereocenters. The standard InChI is InChI=1S/C11H20F4O3S/c1-4-7-8(5-2)9(6-3)10(12,13)11(14,15)19(16,17)18/h8-9H,4-7H2,1-3H3,(H,16,17,18). The Hall–Kier alpha value is -0.370. The first kappa shape index (κ1) is 18.6. The van der Waals surface area contributed by atoms with Crippen LogP contribution >= 0.6 is 0 Å². The molecule has 0 aromatic carbocycles. The topological polar surface area (TPSA) is 54.4 Å². The number of hydrogen-bond acceptors (Lipinski definition) is 2. The molecule has 0 aliphatic carbocycles. The van der Waals surface area contributed by atoms with Crippen LogP contribution in [0.3, 0.4) is 0 Å². The first-order valence-corrected chi connectivity index (χ1v) is 7.63. The van der Waals surface area contributed by atoms with Gasteiger partial charge in [-0.3, -0.25) is 4.55 Å². The van der Waals surface area contributed by atoms with Crippen LogP contribution in [-0.4, -0.2) is 24.1 Å². The van der Waals surface area contributed by atoms with Gasteiger partial charge in [-0.1, -0.05) is 40.0 Å². The minimum Gasteiger partial charge on any atom is -0.281 e. The van der Waals surface area contributed by atoms with Crippen LogP contribution in [0, 0.1) is 11.8 Å². The van der Waals surface area contributed by atoms with Gasteiger partial charge in [0.2, 0.25) is 0 Å². The van der Waals surface area contributed by atoms with Gasteiger partial charge in [-0.2, -0.15) is 26.0 Å². The van der Waals surface area contributed by atoms with E-state index in [4.69, 9.17) is 4.55 Å². The van der Waals surface area contributed by atoms with Gasteiger partial charge in [-0.25, -0.2) is 0 Å². The van der Waals surface area contributed by atoms with E-state index in [0.29, 0.717) is 12.8 Å². The number of halogens is 4. The van der Waals surface area contributed by atoms with E-state index in [1.54, 1.807) is 13.8 Å².